The van der Waals surface area contributed by atoms with Crippen molar-refractivity contribution in [3.05, 3.63) is 23.8 Å². The lowest BCUT2D eigenvalue weighted by molar-refractivity contribution is 0.0713. The van der Waals surface area contributed by atoms with E-state index >= 15 is 0 Å². The van der Waals surface area contributed by atoms with Gasteiger partial charge in [0.25, 0.3) is 5.91 Å². The third kappa shape index (κ3) is 2.90. The minimum atomic E-state index is -0.182. The fourth-order valence-electron chi connectivity index (χ4n) is 1.71. The highest BCUT2D eigenvalue weighted by molar-refractivity contribution is 5.97. The summed E-state index contributed by atoms with van der Waals surface area (Å²) in [6, 6.07) is 4.75. The summed E-state index contributed by atoms with van der Waals surface area (Å²) in [5, 5.41) is 9.72. The maximum absolute atomic E-state index is 12.2. The maximum Gasteiger partial charge on any atom is 0.257 e. The Morgan fingerprint density at radius 2 is 2.12 bits per heavy atom. The second-order valence-corrected chi connectivity index (χ2v) is 4.07. The number of hydrogen-bond donors (Lipinski definition) is 1. The second kappa shape index (κ2) is 5.57. The molecule has 0 unspecified atom stereocenters. The van der Waals surface area contributed by atoms with Gasteiger partial charge in [0.15, 0.2) is 0 Å². The molecule has 94 valence electrons. The predicted molar refractivity (Wildman–Crippen MR) is 66.5 cm³/mol. The van der Waals surface area contributed by atoms with Gasteiger partial charge in [0.05, 0.1) is 12.7 Å². The standard InChI is InChI=1S/C13H19NO3/c1-5-14(9(2)3)13(16)11-8-10(17-4)6-7-12(11)15/h6-9,15H,5H2,1-4H3. The van der Waals surface area contributed by atoms with Crippen molar-refractivity contribution in [2.45, 2.75) is 26.8 Å². The molecule has 1 amide bonds. The van der Waals surface area contributed by atoms with Crippen molar-refractivity contribution < 1.29 is 14.6 Å². The number of rotatable bonds is 4. The Morgan fingerprint density at radius 1 is 1.47 bits per heavy atom. The zero-order valence-electron chi connectivity index (χ0n) is 10.7. The van der Waals surface area contributed by atoms with Crippen molar-refractivity contribution in [1.29, 1.82) is 0 Å². The molecule has 0 atom stereocenters. The summed E-state index contributed by atoms with van der Waals surface area (Å²) in [5.41, 5.74) is 0.278. The first kappa shape index (κ1) is 13.4. The van der Waals surface area contributed by atoms with Crippen LogP contribution in [0.3, 0.4) is 0 Å². The summed E-state index contributed by atoms with van der Waals surface area (Å²) in [7, 11) is 1.53. The topological polar surface area (TPSA) is 49.8 Å². The van der Waals surface area contributed by atoms with Crippen molar-refractivity contribution >= 4 is 5.91 Å². The lowest BCUT2D eigenvalue weighted by atomic mass is 10.1. The highest BCUT2D eigenvalue weighted by atomic mass is 16.5. The van der Waals surface area contributed by atoms with E-state index in [1.54, 1.807) is 17.0 Å². The van der Waals surface area contributed by atoms with E-state index in [1.165, 1.54) is 13.2 Å². The molecule has 0 saturated carbocycles. The number of amides is 1. The summed E-state index contributed by atoms with van der Waals surface area (Å²) in [4.78, 5) is 13.9. The number of phenolic OH excluding ortho intramolecular Hbond substituents is 1. The molecule has 0 aliphatic heterocycles. The van der Waals surface area contributed by atoms with Gasteiger partial charge in [-0.05, 0) is 39.0 Å². The largest absolute Gasteiger partial charge is 0.507 e. The first-order valence-electron chi connectivity index (χ1n) is 5.69. The van der Waals surface area contributed by atoms with Gasteiger partial charge < -0.3 is 14.7 Å². The molecule has 0 fully saturated rings. The summed E-state index contributed by atoms with van der Waals surface area (Å²) in [6.07, 6.45) is 0. The Morgan fingerprint density at radius 3 is 2.59 bits per heavy atom. The van der Waals surface area contributed by atoms with Gasteiger partial charge in [-0.3, -0.25) is 4.79 Å². The molecular weight excluding hydrogens is 218 g/mol. The molecule has 0 saturated heterocycles. The second-order valence-electron chi connectivity index (χ2n) is 4.07. The number of methoxy groups -OCH3 is 1. The Balaban J connectivity index is 3.10. The van der Waals surface area contributed by atoms with Crippen molar-refractivity contribution in [3.63, 3.8) is 0 Å². The average Bonchev–Trinajstić information content (AvgIpc) is 2.30. The van der Waals surface area contributed by atoms with Crippen LogP contribution in [0.4, 0.5) is 0 Å². The molecule has 4 nitrogen and oxygen atoms in total. The first-order chi connectivity index (χ1) is 8.01. The van der Waals surface area contributed by atoms with E-state index in [4.69, 9.17) is 4.74 Å². The fraction of sp³-hybridized carbons (Fsp3) is 0.462. The molecule has 4 heteroatoms. The maximum atomic E-state index is 12.2. The van der Waals surface area contributed by atoms with E-state index in [9.17, 15) is 9.90 Å². The molecule has 1 aromatic carbocycles. The van der Waals surface area contributed by atoms with Crippen LogP contribution in [-0.2, 0) is 0 Å². The summed E-state index contributed by atoms with van der Waals surface area (Å²) in [5.74, 6) is 0.361. The smallest absolute Gasteiger partial charge is 0.257 e. The molecule has 0 heterocycles. The number of carbonyl (C=O) groups excluding carboxylic acids is 1. The van der Waals surface area contributed by atoms with Crippen molar-refractivity contribution in [1.82, 2.24) is 4.90 Å². The molecule has 0 aliphatic carbocycles. The van der Waals surface area contributed by atoms with E-state index in [-0.39, 0.29) is 23.3 Å². The summed E-state index contributed by atoms with van der Waals surface area (Å²) < 4.78 is 5.05. The van der Waals surface area contributed by atoms with Crippen LogP contribution in [0.5, 0.6) is 11.5 Å². The molecule has 0 bridgehead atoms. The number of nitrogens with zero attached hydrogens (tertiary/aromatic N) is 1. The van der Waals surface area contributed by atoms with Gasteiger partial charge in [-0.1, -0.05) is 0 Å². The summed E-state index contributed by atoms with van der Waals surface area (Å²) in [6.45, 7) is 6.40. The van der Waals surface area contributed by atoms with E-state index in [0.717, 1.165) is 0 Å². The van der Waals surface area contributed by atoms with E-state index in [0.29, 0.717) is 12.3 Å². The molecular formula is C13H19NO3. The first-order valence-corrected chi connectivity index (χ1v) is 5.69. The van der Waals surface area contributed by atoms with Crippen molar-refractivity contribution in [3.8, 4) is 11.5 Å². The molecule has 0 spiro atoms. The molecule has 1 aromatic rings. The molecule has 17 heavy (non-hydrogen) atoms. The number of ether oxygens (including phenoxy) is 1. The van der Waals surface area contributed by atoms with Crippen LogP contribution in [-0.4, -0.2) is 35.6 Å². The number of hydrogen-bond acceptors (Lipinski definition) is 3. The Kier molecular flexibility index (Phi) is 4.37. The third-order valence-electron chi connectivity index (χ3n) is 2.66. The third-order valence-corrected chi connectivity index (χ3v) is 2.66. The number of phenols is 1. The number of carbonyl (C=O) groups is 1. The van der Waals surface area contributed by atoms with Gasteiger partial charge in [-0.2, -0.15) is 0 Å². The van der Waals surface area contributed by atoms with Crippen LogP contribution in [0.1, 0.15) is 31.1 Å². The summed E-state index contributed by atoms with van der Waals surface area (Å²) >= 11 is 0. The van der Waals surface area contributed by atoms with Crippen molar-refractivity contribution in [2.24, 2.45) is 0 Å². The monoisotopic (exact) mass is 237 g/mol. The van der Waals surface area contributed by atoms with E-state index in [2.05, 4.69) is 0 Å². The van der Waals surface area contributed by atoms with Crippen LogP contribution >= 0.6 is 0 Å². The number of benzene rings is 1. The van der Waals surface area contributed by atoms with E-state index < -0.39 is 0 Å². The van der Waals surface area contributed by atoms with Gasteiger partial charge in [-0.15, -0.1) is 0 Å². The molecule has 1 N–H and O–H groups in total. The Bertz CT molecular complexity index is 402. The quantitative estimate of drug-likeness (QED) is 0.874. The average molecular weight is 237 g/mol. The van der Waals surface area contributed by atoms with E-state index in [1.807, 2.05) is 20.8 Å². The van der Waals surface area contributed by atoms with Gasteiger partial charge in [0.2, 0.25) is 0 Å². The van der Waals surface area contributed by atoms with Gasteiger partial charge >= 0.3 is 0 Å². The molecule has 1 rings (SSSR count). The van der Waals surface area contributed by atoms with Gasteiger partial charge in [-0.25, -0.2) is 0 Å². The highest BCUT2D eigenvalue weighted by Gasteiger charge is 2.20. The molecule has 0 aromatic heterocycles. The van der Waals surface area contributed by atoms with Gasteiger partial charge in [0.1, 0.15) is 11.5 Å². The minimum absolute atomic E-state index is 0.0186. The molecule has 0 radical (unpaired) electrons. The normalized spacial score (nSPS) is 10.4. The zero-order chi connectivity index (χ0) is 13.0. The van der Waals surface area contributed by atoms with Crippen LogP contribution in [0, 0.1) is 0 Å². The SMILES string of the molecule is CCN(C(=O)c1cc(OC)ccc1O)C(C)C. The van der Waals surface area contributed by atoms with Crippen LogP contribution in [0.15, 0.2) is 18.2 Å². The highest BCUT2D eigenvalue weighted by Crippen LogP contribution is 2.24. The lowest BCUT2D eigenvalue weighted by Crippen LogP contribution is -2.36. The predicted octanol–water partition coefficient (Wildman–Crippen LogP) is 2.27. The van der Waals surface area contributed by atoms with Crippen LogP contribution in [0.25, 0.3) is 0 Å². The van der Waals surface area contributed by atoms with Crippen LogP contribution < -0.4 is 4.74 Å². The zero-order valence-corrected chi connectivity index (χ0v) is 10.7. The van der Waals surface area contributed by atoms with Gasteiger partial charge in [0, 0.05) is 12.6 Å². The van der Waals surface area contributed by atoms with Crippen LogP contribution in [0.2, 0.25) is 0 Å². The minimum Gasteiger partial charge on any atom is -0.507 e. The number of aromatic hydroxyl groups is 1. The Labute approximate surface area is 102 Å². The lowest BCUT2D eigenvalue weighted by Gasteiger charge is -2.25. The van der Waals surface area contributed by atoms with Crippen molar-refractivity contribution in [2.75, 3.05) is 13.7 Å². The fourth-order valence-corrected chi connectivity index (χ4v) is 1.71. The Hall–Kier alpha value is -1.71. The molecule has 0 aliphatic rings.